The topological polar surface area (TPSA) is 40.5 Å². The predicted octanol–water partition coefficient (Wildman–Crippen LogP) is 3.74. The van der Waals surface area contributed by atoms with Gasteiger partial charge in [0.1, 0.15) is 0 Å². The zero-order valence-electron chi connectivity index (χ0n) is 11.6. The smallest absolute Gasteiger partial charge is 0.274 e. The summed E-state index contributed by atoms with van der Waals surface area (Å²) in [7, 11) is 0. The van der Waals surface area contributed by atoms with Crippen molar-refractivity contribution in [3.8, 4) is 0 Å². The molecule has 102 valence electrons. The lowest BCUT2D eigenvalue weighted by atomic mass is 10.1. The number of nitrogens with zero attached hydrogens (tertiary/aromatic N) is 1. The third kappa shape index (κ3) is 3.13. The van der Waals surface area contributed by atoms with E-state index in [1.165, 1.54) is 6.08 Å². The number of anilines is 1. The van der Waals surface area contributed by atoms with Gasteiger partial charge in [0, 0.05) is 6.08 Å². The molecule has 0 saturated carbocycles. The molecule has 1 amide bonds. The fourth-order valence-electron chi connectivity index (χ4n) is 1.89. The number of carbonyl (C=O) groups excluding carboxylic acids is 1. The molecular weight excluding hydrogens is 250 g/mol. The Morgan fingerprint density at radius 3 is 2.45 bits per heavy atom. The molecule has 2 rings (SSSR count). The predicted molar refractivity (Wildman–Crippen MR) is 80.7 cm³/mol. The Kier molecular flexibility index (Phi) is 4.33. The van der Waals surface area contributed by atoms with E-state index in [4.69, 9.17) is 0 Å². The van der Waals surface area contributed by atoms with Gasteiger partial charge >= 0.3 is 0 Å². The van der Waals surface area contributed by atoms with Crippen LogP contribution in [0.3, 0.4) is 0 Å². The van der Waals surface area contributed by atoms with Gasteiger partial charge in [0.05, 0.1) is 5.69 Å². The van der Waals surface area contributed by atoms with Crippen LogP contribution in [0, 0.1) is 13.8 Å². The molecule has 0 unspecified atom stereocenters. The molecule has 0 atom stereocenters. The number of hydrogen-bond donors (Lipinski definition) is 1. The first kappa shape index (κ1) is 14.0. The van der Waals surface area contributed by atoms with E-state index in [1.54, 1.807) is 12.1 Å². The Balaban J connectivity index is 2.17. The van der Waals surface area contributed by atoms with Gasteiger partial charge in [0.15, 0.2) is 0 Å². The summed E-state index contributed by atoms with van der Waals surface area (Å²) in [6.45, 7) is 3.82. The van der Waals surface area contributed by atoms with Gasteiger partial charge in [0.2, 0.25) is 0 Å². The van der Waals surface area contributed by atoms with Crippen molar-refractivity contribution in [3.63, 3.8) is 0 Å². The van der Waals surface area contributed by atoms with Crippen LogP contribution in [0.5, 0.6) is 0 Å². The number of rotatable bonds is 3. The molecule has 3 heteroatoms. The second-order valence-corrected chi connectivity index (χ2v) is 4.61. The average molecular weight is 267 g/mol. The first-order valence-electron chi connectivity index (χ1n) is 6.42. The summed E-state index contributed by atoms with van der Waals surface area (Å²) in [5.74, 6) is -0.470. The van der Waals surface area contributed by atoms with E-state index >= 15 is 0 Å². The third-order valence-corrected chi connectivity index (χ3v) is 3.23. The van der Waals surface area contributed by atoms with Crippen molar-refractivity contribution in [2.75, 3.05) is 5.06 Å². The molecule has 0 radical (unpaired) electrons. The zero-order chi connectivity index (χ0) is 14.5. The Hall–Kier alpha value is -2.39. The molecule has 0 saturated heterocycles. The summed E-state index contributed by atoms with van der Waals surface area (Å²) in [4.78, 5) is 12.0. The molecule has 2 aromatic carbocycles. The van der Waals surface area contributed by atoms with E-state index in [1.807, 2.05) is 56.3 Å². The summed E-state index contributed by atoms with van der Waals surface area (Å²) in [5.41, 5.74) is 3.33. The van der Waals surface area contributed by atoms with Crippen LogP contribution in [0.2, 0.25) is 0 Å². The molecule has 1 N–H and O–H groups in total. The Morgan fingerprint density at radius 2 is 1.75 bits per heavy atom. The van der Waals surface area contributed by atoms with E-state index in [0.717, 1.165) is 16.7 Å². The highest BCUT2D eigenvalue weighted by Gasteiger charge is 2.13. The van der Waals surface area contributed by atoms with Crippen molar-refractivity contribution >= 4 is 17.7 Å². The molecule has 20 heavy (non-hydrogen) atoms. The molecule has 0 aliphatic rings. The molecule has 0 aromatic heterocycles. The van der Waals surface area contributed by atoms with Gasteiger partial charge in [-0.2, -0.15) is 5.06 Å². The zero-order valence-corrected chi connectivity index (χ0v) is 11.6. The fourth-order valence-corrected chi connectivity index (χ4v) is 1.89. The standard InChI is InChI=1S/C17H17NO2/c1-13-7-6-10-16(14(13)2)18(20)17(19)12-11-15-8-4-3-5-9-15/h3-12,20H,1-2H3. The van der Waals surface area contributed by atoms with E-state index in [-0.39, 0.29) is 0 Å². The minimum atomic E-state index is -0.470. The summed E-state index contributed by atoms with van der Waals surface area (Å²) in [6, 6.07) is 15.0. The second kappa shape index (κ2) is 6.17. The quantitative estimate of drug-likeness (QED) is 0.523. The monoisotopic (exact) mass is 267 g/mol. The highest BCUT2D eigenvalue weighted by molar-refractivity contribution is 6.02. The van der Waals surface area contributed by atoms with Crippen molar-refractivity contribution in [1.29, 1.82) is 0 Å². The van der Waals surface area contributed by atoms with Crippen molar-refractivity contribution in [2.24, 2.45) is 0 Å². The molecule has 0 heterocycles. The average Bonchev–Trinajstić information content (AvgIpc) is 2.48. The normalized spacial score (nSPS) is 10.8. The Labute approximate surface area is 118 Å². The lowest BCUT2D eigenvalue weighted by molar-refractivity contribution is -0.118. The number of carbonyl (C=O) groups is 1. The van der Waals surface area contributed by atoms with Crippen molar-refractivity contribution in [1.82, 2.24) is 0 Å². The molecule has 2 aromatic rings. The highest BCUT2D eigenvalue weighted by atomic mass is 16.5. The van der Waals surface area contributed by atoms with Gasteiger partial charge in [0.25, 0.3) is 5.91 Å². The lowest BCUT2D eigenvalue weighted by Crippen LogP contribution is -2.25. The SMILES string of the molecule is Cc1cccc(N(O)C(=O)C=Cc2ccccc2)c1C. The minimum absolute atomic E-state index is 0.470. The van der Waals surface area contributed by atoms with Crippen LogP contribution in [-0.4, -0.2) is 11.1 Å². The maximum absolute atomic E-state index is 12.0. The van der Waals surface area contributed by atoms with Crippen LogP contribution in [0.25, 0.3) is 6.08 Å². The first-order chi connectivity index (χ1) is 9.59. The van der Waals surface area contributed by atoms with Crippen LogP contribution in [-0.2, 0) is 4.79 Å². The summed E-state index contributed by atoms with van der Waals surface area (Å²) >= 11 is 0. The molecule has 0 fully saturated rings. The maximum atomic E-state index is 12.0. The lowest BCUT2D eigenvalue weighted by Gasteiger charge is -2.16. The van der Waals surface area contributed by atoms with Gasteiger partial charge in [-0.1, -0.05) is 42.5 Å². The van der Waals surface area contributed by atoms with Gasteiger partial charge in [-0.25, -0.2) is 0 Å². The number of hydroxylamine groups is 1. The van der Waals surface area contributed by atoms with Crippen LogP contribution >= 0.6 is 0 Å². The van der Waals surface area contributed by atoms with Gasteiger partial charge in [-0.3, -0.25) is 10.0 Å². The van der Waals surface area contributed by atoms with Crippen molar-refractivity contribution < 1.29 is 10.0 Å². The summed E-state index contributed by atoms with van der Waals surface area (Å²) < 4.78 is 0. The molecule has 0 aliphatic heterocycles. The number of amides is 1. The van der Waals surface area contributed by atoms with Crippen molar-refractivity contribution in [2.45, 2.75) is 13.8 Å². The molecule has 0 spiro atoms. The highest BCUT2D eigenvalue weighted by Crippen LogP contribution is 2.21. The van der Waals surface area contributed by atoms with Crippen LogP contribution in [0.1, 0.15) is 16.7 Å². The number of benzene rings is 2. The Bertz CT molecular complexity index is 633. The molecule has 0 bridgehead atoms. The van der Waals surface area contributed by atoms with E-state index in [2.05, 4.69) is 0 Å². The summed E-state index contributed by atoms with van der Waals surface area (Å²) in [6.07, 6.45) is 3.04. The Morgan fingerprint density at radius 1 is 1.05 bits per heavy atom. The van der Waals surface area contributed by atoms with Gasteiger partial charge in [-0.15, -0.1) is 0 Å². The van der Waals surface area contributed by atoms with E-state index in [9.17, 15) is 10.0 Å². The number of hydrogen-bond acceptors (Lipinski definition) is 2. The van der Waals surface area contributed by atoms with Gasteiger partial charge < -0.3 is 0 Å². The van der Waals surface area contributed by atoms with Crippen LogP contribution < -0.4 is 5.06 Å². The van der Waals surface area contributed by atoms with Crippen LogP contribution in [0.15, 0.2) is 54.6 Å². The number of aryl methyl sites for hydroxylation is 1. The van der Waals surface area contributed by atoms with E-state index in [0.29, 0.717) is 10.8 Å². The third-order valence-electron chi connectivity index (χ3n) is 3.23. The fraction of sp³-hybridized carbons (Fsp3) is 0.118. The maximum Gasteiger partial charge on any atom is 0.274 e. The molecule has 3 nitrogen and oxygen atoms in total. The first-order valence-corrected chi connectivity index (χ1v) is 6.42. The molecular formula is C17H17NO2. The minimum Gasteiger partial charge on any atom is -0.281 e. The summed E-state index contributed by atoms with van der Waals surface area (Å²) in [5, 5.41) is 10.7. The van der Waals surface area contributed by atoms with E-state index < -0.39 is 5.91 Å². The second-order valence-electron chi connectivity index (χ2n) is 4.61. The van der Waals surface area contributed by atoms with Crippen LogP contribution in [0.4, 0.5) is 5.69 Å². The molecule has 0 aliphatic carbocycles. The largest absolute Gasteiger partial charge is 0.281 e. The van der Waals surface area contributed by atoms with Crippen molar-refractivity contribution in [3.05, 3.63) is 71.3 Å². The van der Waals surface area contributed by atoms with Gasteiger partial charge in [-0.05, 0) is 42.7 Å².